The van der Waals surface area contributed by atoms with E-state index < -0.39 is 23.0 Å². The van der Waals surface area contributed by atoms with Crippen molar-refractivity contribution in [2.75, 3.05) is 18.6 Å². The Balaban J connectivity index is 2.09. The lowest BCUT2D eigenvalue weighted by Crippen LogP contribution is -2.80. The molecule has 4 unspecified atom stereocenters. The molecule has 0 bridgehead atoms. The predicted octanol–water partition coefficient (Wildman–Crippen LogP) is 0.451. The Morgan fingerprint density at radius 3 is 2.76 bits per heavy atom. The van der Waals surface area contributed by atoms with Crippen molar-refractivity contribution in [3.05, 3.63) is 0 Å². The molecule has 120 valence electrons. The molecular formula is C14H24N2O4S. The summed E-state index contributed by atoms with van der Waals surface area (Å²) >= 11 is 1.55. The zero-order chi connectivity index (χ0) is 15.8. The summed E-state index contributed by atoms with van der Waals surface area (Å²) in [5.74, 6) is -0.736. The fourth-order valence-corrected chi connectivity index (χ4v) is 4.09. The van der Waals surface area contributed by atoms with Gasteiger partial charge in [0, 0.05) is 17.9 Å². The highest BCUT2D eigenvalue weighted by Gasteiger charge is 2.71. The number of hydrogen-bond acceptors (Lipinski definition) is 5. The van der Waals surface area contributed by atoms with Gasteiger partial charge in [-0.15, -0.1) is 0 Å². The minimum absolute atomic E-state index is 0.0114. The first kappa shape index (κ1) is 16.6. The minimum atomic E-state index is -1.05. The van der Waals surface area contributed by atoms with Gasteiger partial charge in [0.05, 0.1) is 6.10 Å². The van der Waals surface area contributed by atoms with Crippen LogP contribution in [0.2, 0.25) is 0 Å². The molecule has 4 atom stereocenters. The Morgan fingerprint density at radius 2 is 2.19 bits per heavy atom. The standard InChI is InChI=1S/C14H24N2O4S/c1-13(2)10-8(4-6-20-10)14(13,15)12(19)16-9(11(17)18)5-7-21-3/h8-10H,4-7,15H2,1-3H3,(H,16,19)(H,17,18). The monoisotopic (exact) mass is 316 g/mol. The molecule has 1 aliphatic carbocycles. The molecule has 21 heavy (non-hydrogen) atoms. The van der Waals surface area contributed by atoms with E-state index in [0.717, 1.165) is 6.42 Å². The molecule has 2 rings (SSSR count). The van der Waals surface area contributed by atoms with Crippen molar-refractivity contribution in [3.63, 3.8) is 0 Å². The number of carboxylic acid groups (broad SMARTS) is 1. The normalized spacial score (nSPS) is 34.7. The summed E-state index contributed by atoms with van der Waals surface area (Å²) in [5.41, 5.74) is 4.86. The maximum Gasteiger partial charge on any atom is 0.326 e. The first-order chi connectivity index (χ1) is 9.76. The van der Waals surface area contributed by atoms with Crippen LogP contribution in [0.25, 0.3) is 0 Å². The van der Waals surface area contributed by atoms with E-state index in [0.29, 0.717) is 18.8 Å². The van der Waals surface area contributed by atoms with E-state index in [-0.39, 0.29) is 17.9 Å². The highest BCUT2D eigenvalue weighted by atomic mass is 32.2. The van der Waals surface area contributed by atoms with E-state index in [1.54, 1.807) is 11.8 Å². The van der Waals surface area contributed by atoms with Crippen molar-refractivity contribution in [1.82, 2.24) is 5.32 Å². The van der Waals surface area contributed by atoms with E-state index in [1.165, 1.54) is 0 Å². The number of amides is 1. The maximum atomic E-state index is 12.6. The summed E-state index contributed by atoms with van der Waals surface area (Å²) in [5, 5.41) is 11.9. The number of carboxylic acids is 1. The summed E-state index contributed by atoms with van der Waals surface area (Å²) in [7, 11) is 0. The second-order valence-corrected chi connectivity index (χ2v) is 7.41. The van der Waals surface area contributed by atoms with Gasteiger partial charge in [-0.1, -0.05) is 13.8 Å². The molecule has 0 aromatic rings. The van der Waals surface area contributed by atoms with Gasteiger partial charge in [-0.05, 0) is 24.9 Å². The van der Waals surface area contributed by atoms with E-state index in [9.17, 15) is 14.7 Å². The molecule has 1 amide bonds. The number of thioether (sulfide) groups is 1. The third kappa shape index (κ3) is 2.45. The van der Waals surface area contributed by atoms with Gasteiger partial charge in [-0.25, -0.2) is 4.79 Å². The quantitative estimate of drug-likeness (QED) is 0.658. The number of carbonyl (C=O) groups is 2. The molecule has 1 aliphatic heterocycles. The Kier molecular flexibility index (Phi) is 4.56. The summed E-state index contributed by atoms with van der Waals surface area (Å²) in [6.07, 6.45) is 3.03. The maximum absolute atomic E-state index is 12.6. The smallest absolute Gasteiger partial charge is 0.326 e. The van der Waals surface area contributed by atoms with Crippen molar-refractivity contribution in [2.45, 2.75) is 44.4 Å². The molecule has 0 aromatic heterocycles. The molecule has 4 N–H and O–H groups in total. The van der Waals surface area contributed by atoms with Crippen molar-refractivity contribution >= 4 is 23.6 Å². The highest BCUT2D eigenvalue weighted by molar-refractivity contribution is 7.98. The number of nitrogens with two attached hydrogens (primary N) is 1. The lowest BCUT2D eigenvalue weighted by atomic mass is 9.48. The molecule has 0 radical (unpaired) electrons. The van der Waals surface area contributed by atoms with Crippen LogP contribution in [-0.4, -0.2) is 53.3 Å². The topological polar surface area (TPSA) is 102 Å². The van der Waals surface area contributed by atoms with Crippen LogP contribution in [0.4, 0.5) is 0 Å². The average molecular weight is 316 g/mol. The highest BCUT2D eigenvalue weighted by Crippen LogP contribution is 2.58. The van der Waals surface area contributed by atoms with Crippen molar-refractivity contribution in [1.29, 1.82) is 0 Å². The van der Waals surface area contributed by atoms with Gasteiger partial charge in [-0.2, -0.15) is 11.8 Å². The Hall–Kier alpha value is -0.790. The van der Waals surface area contributed by atoms with Crippen molar-refractivity contribution in [2.24, 2.45) is 17.1 Å². The number of hydrogen-bond donors (Lipinski definition) is 3. The lowest BCUT2D eigenvalue weighted by Gasteiger charge is -2.60. The predicted molar refractivity (Wildman–Crippen MR) is 81.1 cm³/mol. The number of nitrogens with one attached hydrogen (secondary N) is 1. The molecule has 7 heteroatoms. The van der Waals surface area contributed by atoms with Gasteiger partial charge < -0.3 is 20.9 Å². The Bertz CT molecular complexity index is 443. The van der Waals surface area contributed by atoms with Crippen LogP contribution in [0.15, 0.2) is 0 Å². The van der Waals surface area contributed by atoms with Crippen molar-refractivity contribution in [3.8, 4) is 0 Å². The van der Waals surface area contributed by atoms with Crippen LogP contribution in [0.1, 0.15) is 26.7 Å². The van der Waals surface area contributed by atoms with Crippen molar-refractivity contribution < 1.29 is 19.4 Å². The van der Waals surface area contributed by atoms with Crippen LogP contribution in [0.5, 0.6) is 0 Å². The molecule has 2 fully saturated rings. The molecule has 1 saturated heterocycles. The zero-order valence-electron chi connectivity index (χ0n) is 12.7. The second kappa shape index (κ2) is 5.78. The SMILES string of the molecule is CSCCC(NC(=O)C1(N)C2CCOC2C1(C)C)C(=O)O. The number of aliphatic carboxylic acids is 1. The van der Waals surface area contributed by atoms with Gasteiger partial charge in [0.2, 0.25) is 5.91 Å². The first-order valence-corrected chi connectivity index (χ1v) is 8.59. The average Bonchev–Trinajstić information content (AvgIpc) is 2.90. The molecule has 6 nitrogen and oxygen atoms in total. The zero-order valence-corrected chi connectivity index (χ0v) is 13.5. The van der Waals surface area contributed by atoms with Gasteiger partial charge in [0.25, 0.3) is 0 Å². The van der Waals surface area contributed by atoms with Gasteiger partial charge in [0.1, 0.15) is 11.6 Å². The molecule has 0 aromatic carbocycles. The molecular weight excluding hydrogens is 292 g/mol. The van der Waals surface area contributed by atoms with Crippen LogP contribution in [0, 0.1) is 11.3 Å². The van der Waals surface area contributed by atoms with Crippen LogP contribution >= 0.6 is 11.8 Å². The summed E-state index contributed by atoms with van der Waals surface area (Å²) in [6.45, 7) is 4.44. The Morgan fingerprint density at radius 1 is 1.52 bits per heavy atom. The molecule has 1 heterocycles. The van der Waals surface area contributed by atoms with E-state index in [2.05, 4.69) is 5.32 Å². The van der Waals surface area contributed by atoms with E-state index >= 15 is 0 Å². The van der Waals surface area contributed by atoms with Crippen LogP contribution in [-0.2, 0) is 14.3 Å². The summed E-state index contributed by atoms with van der Waals surface area (Å²) in [4.78, 5) is 23.9. The number of ether oxygens (including phenoxy) is 1. The lowest BCUT2D eigenvalue weighted by molar-refractivity contribution is -0.176. The molecule has 0 spiro atoms. The van der Waals surface area contributed by atoms with E-state index in [1.807, 2.05) is 20.1 Å². The van der Waals surface area contributed by atoms with Crippen LogP contribution < -0.4 is 11.1 Å². The first-order valence-electron chi connectivity index (χ1n) is 7.20. The Labute approximate surface area is 129 Å². The fraction of sp³-hybridized carbons (Fsp3) is 0.857. The number of rotatable bonds is 6. The third-order valence-corrected chi connectivity index (χ3v) is 5.69. The minimum Gasteiger partial charge on any atom is -0.480 e. The fourth-order valence-electron chi connectivity index (χ4n) is 3.62. The van der Waals surface area contributed by atoms with Gasteiger partial charge in [-0.3, -0.25) is 4.79 Å². The molecule has 1 saturated carbocycles. The number of fused-ring (bicyclic) bond motifs is 1. The third-order valence-electron chi connectivity index (χ3n) is 5.04. The van der Waals surface area contributed by atoms with Gasteiger partial charge >= 0.3 is 5.97 Å². The number of carbonyl (C=O) groups excluding carboxylic acids is 1. The van der Waals surface area contributed by atoms with E-state index in [4.69, 9.17) is 10.5 Å². The molecule has 2 aliphatic rings. The second-order valence-electron chi connectivity index (χ2n) is 6.42. The summed E-state index contributed by atoms with van der Waals surface area (Å²) < 4.78 is 5.65. The van der Waals surface area contributed by atoms with Gasteiger partial charge in [0.15, 0.2) is 0 Å². The summed E-state index contributed by atoms with van der Waals surface area (Å²) in [6, 6.07) is -0.887. The largest absolute Gasteiger partial charge is 0.480 e. The van der Waals surface area contributed by atoms with Crippen LogP contribution in [0.3, 0.4) is 0 Å².